The van der Waals surface area contributed by atoms with Crippen molar-refractivity contribution in [3.8, 4) is 0 Å². The quantitative estimate of drug-likeness (QED) is 0.876. The molecular formula is C12H9ClN2O2. The van der Waals surface area contributed by atoms with Crippen LogP contribution in [0.15, 0.2) is 42.5 Å². The predicted octanol–water partition coefficient (Wildman–Crippen LogP) is 3.18. The van der Waals surface area contributed by atoms with Gasteiger partial charge in [-0.1, -0.05) is 17.7 Å². The summed E-state index contributed by atoms with van der Waals surface area (Å²) < 4.78 is 0. The van der Waals surface area contributed by atoms with Crippen molar-refractivity contribution in [2.24, 2.45) is 0 Å². The number of hydrogen-bond donors (Lipinski definition) is 2. The van der Waals surface area contributed by atoms with E-state index < -0.39 is 5.97 Å². The van der Waals surface area contributed by atoms with Crippen molar-refractivity contribution in [2.75, 3.05) is 5.32 Å². The van der Waals surface area contributed by atoms with E-state index in [9.17, 15) is 4.79 Å². The minimum absolute atomic E-state index is 0.00367. The van der Waals surface area contributed by atoms with E-state index >= 15 is 0 Å². The summed E-state index contributed by atoms with van der Waals surface area (Å²) in [5.74, 6) is -0.572. The van der Waals surface area contributed by atoms with Crippen molar-refractivity contribution in [1.29, 1.82) is 0 Å². The van der Waals surface area contributed by atoms with Crippen LogP contribution < -0.4 is 5.32 Å². The Morgan fingerprint density at radius 2 is 1.88 bits per heavy atom. The third-order valence-electron chi connectivity index (χ3n) is 2.08. The Bertz CT molecular complexity index is 540. The molecule has 1 aromatic heterocycles. The van der Waals surface area contributed by atoms with E-state index in [1.165, 1.54) is 6.07 Å². The highest BCUT2D eigenvalue weighted by Crippen LogP contribution is 2.17. The first kappa shape index (κ1) is 11.4. The van der Waals surface area contributed by atoms with Gasteiger partial charge < -0.3 is 10.4 Å². The maximum absolute atomic E-state index is 10.7. The van der Waals surface area contributed by atoms with Crippen molar-refractivity contribution in [3.05, 3.63) is 53.2 Å². The van der Waals surface area contributed by atoms with Gasteiger partial charge in [-0.3, -0.25) is 0 Å². The van der Waals surface area contributed by atoms with Gasteiger partial charge in [0.15, 0.2) is 5.69 Å². The zero-order valence-corrected chi connectivity index (χ0v) is 9.48. The van der Waals surface area contributed by atoms with Gasteiger partial charge in [-0.15, -0.1) is 0 Å². The van der Waals surface area contributed by atoms with Gasteiger partial charge >= 0.3 is 5.97 Å². The van der Waals surface area contributed by atoms with Gasteiger partial charge in [-0.2, -0.15) is 0 Å². The Labute approximate surface area is 103 Å². The van der Waals surface area contributed by atoms with Crippen LogP contribution in [0, 0.1) is 0 Å². The first-order valence-electron chi connectivity index (χ1n) is 4.88. The molecule has 0 amide bonds. The molecule has 0 bridgehead atoms. The Morgan fingerprint density at radius 1 is 1.18 bits per heavy atom. The summed E-state index contributed by atoms with van der Waals surface area (Å²) in [6.07, 6.45) is 0. The fourth-order valence-corrected chi connectivity index (χ4v) is 1.43. The van der Waals surface area contributed by atoms with Gasteiger partial charge in [-0.05, 0) is 36.4 Å². The highest BCUT2D eigenvalue weighted by Gasteiger charge is 2.04. The molecule has 0 radical (unpaired) electrons. The molecule has 0 unspecified atom stereocenters. The monoisotopic (exact) mass is 248 g/mol. The SMILES string of the molecule is O=C(O)c1cccc(Nc2ccc(Cl)cc2)n1. The van der Waals surface area contributed by atoms with E-state index in [1.54, 1.807) is 36.4 Å². The molecule has 0 aliphatic heterocycles. The van der Waals surface area contributed by atoms with Crippen LogP contribution in [0.4, 0.5) is 11.5 Å². The first-order valence-corrected chi connectivity index (χ1v) is 5.26. The highest BCUT2D eigenvalue weighted by molar-refractivity contribution is 6.30. The molecule has 2 aromatic rings. The lowest BCUT2D eigenvalue weighted by atomic mass is 10.3. The molecule has 0 aliphatic carbocycles. The zero-order chi connectivity index (χ0) is 12.3. The average Bonchev–Trinajstić information content (AvgIpc) is 2.32. The zero-order valence-electron chi connectivity index (χ0n) is 8.72. The maximum atomic E-state index is 10.7. The molecule has 4 nitrogen and oxygen atoms in total. The number of hydrogen-bond acceptors (Lipinski definition) is 3. The smallest absolute Gasteiger partial charge is 0.354 e. The molecule has 0 atom stereocenters. The number of halogens is 1. The van der Waals surface area contributed by atoms with E-state index in [0.29, 0.717) is 10.8 Å². The third-order valence-corrected chi connectivity index (χ3v) is 2.34. The maximum Gasteiger partial charge on any atom is 0.354 e. The van der Waals surface area contributed by atoms with Crippen LogP contribution in [0.3, 0.4) is 0 Å². The molecular weight excluding hydrogens is 240 g/mol. The number of anilines is 2. The fraction of sp³-hybridized carbons (Fsp3) is 0. The number of carbonyl (C=O) groups is 1. The lowest BCUT2D eigenvalue weighted by molar-refractivity contribution is 0.0690. The molecule has 0 aliphatic rings. The summed E-state index contributed by atoms with van der Waals surface area (Å²) in [7, 11) is 0. The largest absolute Gasteiger partial charge is 0.477 e. The van der Waals surface area contributed by atoms with Crippen molar-refractivity contribution in [3.63, 3.8) is 0 Å². The van der Waals surface area contributed by atoms with Crippen LogP contribution in [-0.4, -0.2) is 16.1 Å². The summed E-state index contributed by atoms with van der Waals surface area (Å²) in [5, 5.41) is 12.4. The van der Waals surface area contributed by atoms with E-state index in [-0.39, 0.29) is 5.69 Å². The van der Waals surface area contributed by atoms with Crippen molar-refractivity contribution in [2.45, 2.75) is 0 Å². The van der Waals surface area contributed by atoms with Gasteiger partial charge in [0.25, 0.3) is 0 Å². The number of rotatable bonds is 3. The number of carboxylic acids is 1. The summed E-state index contributed by atoms with van der Waals surface area (Å²) in [6.45, 7) is 0. The highest BCUT2D eigenvalue weighted by atomic mass is 35.5. The number of nitrogens with zero attached hydrogens (tertiary/aromatic N) is 1. The number of nitrogens with one attached hydrogen (secondary N) is 1. The van der Waals surface area contributed by atoms with E-state index in [0.717, 1.165) is 5.69 Å². The van der Waals surface area contributed by atoms with Crippen LogP contribution in [0.5, 0.6) is 0 Å². The summed E-state index contributed by atoms with van der Waals surface area (Å²) in [4.78, 5) is 14.7. The molecule has 5 heteroatoms. The van der Waals surface area contributed by atoms with Gasteiger partial charge in [0.05, 0.1) is 0 Å². The third kappa shape index (κ3) is 2.95. The second-order valence-electron chi connectivity index (χ2n) is 3.35. The molecule has 0 saturated carbocycles. The minimum atomic E-state index is -1.05. The first-order chi connectivity index (χ1) is 8.15. The minimum Gasteiger partial charge on any atom is -0.477 e. The predicted molar refractivity (Wildman–Crippen MR) is 65.9 cm³/mol. The standard InChI is InChI=1S/C12H9ClN2O2/c13-8-4-6-9(7-5-8)14-11-3-1-2-10(15-11)12(16)17/h1-7H,(H,14,15)(H,16,17). The van der Waals surface area contributed by atoms with Crippen molar-refractivity contribution >= 4 is 29.1 Å². The number of benzene rings is 1. The van der Waals surface area contributed by atoms with Crippen LogP contribution in [0.1, 0.15) is 10.5 Å². The molecule has 1 aromatic carbocycles. The molecule has 86 valence electrons. The van der Waals surface area contributed by atoms with Gasteiger partial charge in [0.2, 0.25) is 0 Å². The Hall–Kier alpha value is -2.07. The number of aromatic carboxylic acids is 1. The average molecular weight is 249 g/mol. The second kappa shape index (κ2) is 4.84. The molecule has 0 spiro atoms. The van der Waals surface area contributed by atoms with E-state index in [2.05, 4.69) is 10.3 Å². The lowest BCUT2D eigenvalue weighted by Gasteiger charge is -2.05. The number of aromatic nitrogens is 1. The molecule has 0 saturated heterocycles. The van der Waals surface area contributed by atoms with Crippen molar-refractivity contribution in [1.82, 2.24) is 4.98 Å². The Morgan fingerprint density at radius 3 is 2.53 bits per heavy atom. The normalized spacial score (nSPS) is 9.94. The molecule has 2 N–H and O–H groups in total. The molecule has 1 heterocycles. The van der Waals surface area contributed by atoms with E-state index in [4.69, 9.17) is 16.7 Å². The van der Waals surface area contributed by atoms with Crippen molar-refractivity contribution < 1.29 is 9.90 Å². The van der Waals surface area contributed by atoms with Crippen LogP contribution in [0.25, 0.3) is 0 Å². The molecule has 17 heavy (non-hydrogen) atoms. The van der Waals surface area contributed by atoms with Crippen LogP contribution in [0.2, 0.25) is 5.02 Å². The number of carboxylic acid groups (broad SMARTS) is 1. The summed E-state index contributed by atoms with van der Waals surface area (Å²) in [6, 6.07) is 11.8. The van der Waals surface area contributed by atoms with Gasteiger partial charge in [0, 0.05) is 10.7 Å². The topological polar surface area (TPSA) is 62.2 Å². The van der Waals surface area contributed by atoms with Gasteiger partial charge in [0.1, 0.15) is 5.82 Å². The second-order valence-corrected chi connectivity index (χ2v) is 3.78. The summed E-state index contributed by atoms with van der Waals surface area (Å²) >= 11 is 5.76. The Balaban J connectivity index is 2.21. The Kier molecular flexibility index (Phi) is 3.25. The van der Waals surface area contributed by atoms with Gasteiger partial charge in [-0.25, -0.2) is 9.78 Å². The van der Waals surface area contributed by atoms with Crippen LogP contribution >= 0.6 is 11.6 Å². The lowest BCUT2D eigenvalue weighted by Crippen LogP contribution is -2.02. The number of pyridine rings is 1. The fourth-order valence-electron chi connectivity index (χ4n) is 1.30. The summed E-state index contributed by atoms with van der Waals surface area (Å²) in [5.41, 5.74) is 0.799. The van der Waals surface area contributed by atoms with E-state index in [1.807, 2.05) is 0 Å². The van der Waals surface area contributed by atoms with Crippen LogP contribution in [-0.2, 0) is 0 Å². The molecule has 0 fully saturated rings. The molecule has 2 rings (SSSR count).